The van der Waals surface area contributed by atoms with Crippen LogP contribution in [0.25, 0.3) is 0 Å². The van der Waals surface area contributed by atoms with Gasteiger partial charge < -0.3 is 23.7 Å². The third-order valence-electron chi connectivity index (χ3n) is 11.8. The molecule has 0 aromatic heterocycles. The summed E-state index contributed by atoms with van der Waals surface area (Å²) in [6, 6.07) is 45.5. The number of ether oxygens (including phenoxy) is 5. The maximum Gasteiger partial charge on any atom is 0.338 e. The van der Waals surface area contributed by atoms with Crippen LogP contribution < -0.4 is 0 Å². The SMILES string of the molecule is CC(C)OC(=O)c1ccccc1.CCCCC(CC)COC(=O)c1ccccc1.CCCCCCCCCCOC(=O)c1ccccc1.CCCCCCCCOC(=O)c1ccccc1.CCCOC(=O)c1ccccc1. The van der Waals surface area contributed by atoms with E-state index >= 15 is 0 Å². The van der Waals surface area contributed by atoms with Crippen molar-refractivity contribution in [2.24, 2.45) is 5.92 Å². The maximum absolute atomic E-state index is 11.7. The first kappa shape index (κ1) is 68.5. The Hall–Kier alpha value is -6.55. The molecule has 1 atom stereocenters. The van der Waals surface area contributed by atoms with Crippen LogP contribution in [-0.2, 0) is 23.7 Å². The lowest BCUT2D eigenvalue weighted by atomic mass is 10.0. The second-order valence-corrected chi connectivity index (χ2v) is 18.9. The van der Waals surface area contributed by atoms with Crippen LogP contribution in [0.1, 0.15) is 222 Å². The average Bonchev–Trinajstić information content (AvgIpc) is 3.47. The van der Waals surface area contributed by atoms with Gasteiger partial charge in [0.25, 0.3) is 0 Å². The molecular formula is C67H94O10. The first-order chi connectivity index (χ1) is 37.5. The summed E-state index contributed by atoms with van der Waals surface area (Å²) in [7, 11) is 0. The molecule has 0 bridgehead atoms. The summed E-state index contributed by atoms with van der Waals surface area (Å²) in [5.74, 6) is -0.617. The summed E-state index contributed by atoms with van der Waals surface area (Å²) in [4.78, 5) is 57.3. The zero-order valence-electron chi connectivity index (χ0n) is 47.9. The van der Waals surface area contributed by atoms with Crippen molar-refractivity contribution in [3.63, 3.8) is 0 Å². The van der Waals surface area contributed by atoms with Gasteiger partial charge in [0.1, 0.15) is 0 Å². The fraction of sp³-hybridized carbons (Fsp3) is 0.478. The summed E-state index contributed by atoms with van der Waals surface area (Å²) in [5, 5.41) is 0. The standard InChI is InChI=1S/C17H26O2.2C15H22O2.2C10H12O2/c1-2-3-4-5-6-7-8-12-15-19-17(18)16-13-10-9-11-14-16;1-3-5-9-13(4-2)12-17-15(16)14-10-7-6-8-11-14;1-2-3-4-5-6-10-13-17-15(16)14-11-8-7-9-12-14;1-8(2)12-10(11)9-6-4-3-5-7-9;1-2-8-12-10(11)9-6-4-3-5-7-9/h9-11,13-14H,2-8,12,15H2,1H3;6-8,10-11,13H,3-5,9,12H2,1-2H3;7-9,11-12H,2-6,10,13H2,1H3;3-8H,1-2H3;3-7H,2,8H2,1H3. The molecule has 0 N–H and O–H groups in total. The number of benzene rings is 5. The van der Waals surface area contributed by atoms with Crippen molar-refractivity contribution in [2.45, 2.75) is 177 Å². The molecule has 0 saturated heterocycles. The van der Waals surface area contributed by atoms with E-state index in [9.17, 15) is 24.0 Å². The van der Waals surface area contributed by atoms with Gasteiger partial charge in [-0.15, -0.1) is 0 Å². The molecule has 0 amide bonds. The van der Waals surface area contributed by atoms with Gasteiger partial charge in [0.2, 0.25) is 0 Å². The molecule has 0 fully saturated rings. The first-order valence-electron chi connectivity index (χ1n) is 28.7. The van der Waals surface area contributed by atoms with Crippen LogP contribution in [0.15, 0.2) is 152 Å². The Balaban J connectivity index is 0.000000486. The largest absolute Gasteiger partial charge is 0.462 e. The Labute approximate surface area is 464 Å². The Kier molecular flexibility index (Phi) is 42.6. The van der Waals surface area contributed by atoms with E-state index in [0.29, 0.717) is 60.2 Å². The quantitative estimate of drug-likeness (QED) is 0.0249. The molecule has 0 heterocycles. The normalized spacial score (nSPS) is 10.5. The van der Waals surface area contributed by atoms with Crippen LogP contribution in [0.3, 0.4) is 0 Å². The zero-order valence-corrected chi connectivity index (χ0v) is 47.9. The summed E-state index contributed by atoms with van der Waals surface area (Å²) in [6.45, 7) is 16.5. The summed E-state index contributed by atoms with van der Waals surface area (Å²) >= 11 is 0. The van der Waals surface area contributed by atoms with Crippen molar-refractivity contribution in [3.8, 4) is 0 Å². The van der Waals surface area contributed by atoms with Crippen molar-refractivity contribution in [2.75, 3.05) is 26.4 Å². The van der Waals surface area contributed by atoms with E-state index in [4.69, 9.17) is 23.7 Å². The molecule has 0 aliphatic carbocycles. The highest BCUT2D eigenvalue weighted by atomic mass is 16.5. The topological polar surface area (TPSA) is 132 Å². The third-order valence-corrected chi connectivity index (χ3v) is 11.8. The Morgan fingerprint density at radius 3 is 0.909 bits per heavy atom. The van der Waals surface area contributed by atoms with Gasteiger partial charge in [0.15, 0.2) is 0 Å². The molecule has 1 unspecified atom stereocenters. The predicted octanol–water partition coefficient (Wildman–Crippen LogP) is 17.8. The van der Waals surface area contributed by atoms with Gasteiger partial charge in [-0.25, -0.2) is 24.0 Å². The van der Waals surface area contributed by atoms with Gasteiger partial charge in [0, 0.05) is 0 Å². The molecule has 0 radical (unpaired) electrons. The minimum atomic E-state index is -0.259. The molecular weight excluding hydrogens is 965 g/mol. The van der Waals surface area contributed by atoms with Gasteiger partial charge in [0.05, 0.1) is 60.3 Å². The first-order valence-corrected chi connectivity index (χ1v) is 28.7. The van der Waals surface area contributed by atoms with Crippen LogP contribution in [0.5, 0.6) is 0 Å². The highest BCUT2D eigenvalue weighted by Gasteiger charge is 2.12. The van der Waals surface area contributed by atoms with Crippen molar-refractivity contribution in [1.29, 1.82) is 0 Å². The van der Waals surface area contributed by atoms with E-state index in [1.54, 1.807) is 60.7 Å². The molecule has 10 heteroatoms. The molecule has 0 saturated carbocycles. The van der Waals surface area contributed by atoms with Crippen molar-refractivity contribution >= 4 is 29.8 Å². The van der Waals surface area contributed by atoms with Gasteiger partial charge in [-0.05, 0) is 106 Å². The highest BCUT2D eigenvalue weighted by molar-refractivity contribution is 5.91. The zero-order chi connectivity index (χ0) is 56.4. The van der Waals surface area contributed by atoms with Gasteiger partial charge >= 0.3 is 29.8 Å². The highest BCUT2D eigenvalue weighted by Crippen LogP contribution is 2.15. The number of hydrogen-bond acceptors (Lipinski definition) is 10. The summed E-state index contributed by atoms with van der Waals surface area (Å²) in [5.41, 5.74) is 3.13. The maximum atomic E-state index is 11.7. The average molecular weight is 1060 g/mol. The van der Waals surface area contributed by atoms with Crippen LogP contribution in [0.2, 0.25) is 0 Å². The van der Waals surface area contributed by atoms with Crippen molar-refractivity contribution in [3.05, 3.63) is 179 Å². The van der Waals surface area contributed by atoms with Crippen molar-refractivity contribution < 1.29 is 47.7 Å². The fourth-order valence-corrected chi connectivity index (χ4v) is 7.22. The molecule has 10 nitrogen and oxygen atoms in total. The minimum Gasteiger partial charge on any atom is -0.462 e. The Morgan fingerprint density at radius 1 is 0.325 bits per heavy atom. The number of esters is 5. The molecule has 5 aromatic carbocycles. The number of unbranched alkanes of at least 4 members (excludes halogenated alkanes) is 13. The second-order valence-electron chi connectivity index (χ2n) is 18.9. The van der Waals surface area contributed by atoms with E-state index in [1.165, 1.54) is 77.0 Å². The third kappa shape index (κ3) is 37.0. The van der Waals surface area contributed by atoms with Gasteiger partial charge in [-0.3, -0.25) is 0 Å². The lowest BCUT2D eigenvalue weighted by Crippen LogP contribution is -2.13. The summed E-state index contributed by atoms with van der Waals surface area (Å²) in [6.07, 6.45) is 22.7. The van der Waals surface area contributed by atoms with Crippen LogP contribution in [-0.4, -0.2) is 62.4 Å². The van der Waals surface area contributed by atoms with E-state index in [-0.39, 0.29) is 36.0 Å². The van der Waals surface area contributed by atoms with Crippen LogP contribution >= 0.6 is 0 Å². The van der Waals surface area contributed by atoms with Crippen LogP contribution in [0.4, 0.5) is 0 Å². The molecule has 0 aliphatic heterocycles. The number of hydrogen-bond donors (Lipinski definition) is 0. The number of carbonyl (C=O) groups is 5. The van der Waals surface area contributed by atoms with Gasteiger partial charge in [-0.2, -0.15) is 0 Å². The molecule has 422 valence electrons. The van der Waals surface area contributed by atoms with Gasteiger partial charge in [-0.1, -0.05) is 222 Å². The van der Waals surface area contributed by atoms with E-state index in [2.05, 4.69) is 27.7 Å². The van der Waals surface area contributed by atoms with Crippen molar-refractivity contribution in [1.82, 2.24) is 0 Å². The van der Waals surface area contributed by atoms with E-state index in [1.807, 2.05) is 112 Å². The Morgan fingerprint density at radius 2 is 0.610 bits per heavy atom. The Bertz CT molecular complexity index is 2180. The second kappa shape index (κ2) is 47.9. The van der Waals surface area contributed by atoms with E-state index < -0.39 is 0 Å². The molecule has 77 heavy (non-hydrogen) atoms. The number of carbonyl (C=O) groups excluding carboxylic acids is 5. The molecule has 0 spiro atoms. The molecule has 0 aliphatic rings. The van der Waals surface area contributed by atoms with E-state index in [0.717, 1.165) is 44.9 Å². The molecule has 5 rings (SSSR count). The predicted molar refractivity (Wildman–Crippen MR) is 313 cm³/mol. The fourth-order valence-electron chi connectivity index (χ4n) is 7.22. The van der Waals surface area contributed by atoms with Crippen LogP contribution in [0, 0.1) is 5.92 Å². The lowest BCUT2D eigenvalue weighted by molar-refractivity contribution is 0.0374. The molecule has 5 aromatic rings. The lowest BCUT2D eigenvalue weighted by Gasteiger charge is -2.14. The summed E-state index contributed by atoms with van der Waals surface area (Å²) < 4.78 is 25.7. The monoisotopic (exact) mass is 1060 g/mol. The number of rotatable bonds is 30. The smallest absolute Gasteiger partial charge is 0.338 e. The minimum absolute atomic E-state index is 0.0577.